The molecule has 0 heterocycles. The monoisotopic (exact) mass is 170 g/mol. The molecule has 0 aromatic carbocycles. The predicted octanol–water partition coefficient (Wildman–Crippen LogP) is 2.99. The van der Waals surface area contributed by atoms with E-state index in [0.29, 0.717) is 0 Å². The van der Waals surface area contributed by atoms with E-state index in [1.807, 2.05) is 13.8 Å². The average Bonchev–Trinajstić information content (AvgIpc) is 2.06. The standard InChI is InChI=1S/C9H14O3/c1-3-5-7-11-9(10)12-8-6-4-2/h5-8H,3-4H2,1-2H3/b7-5+,8-6+. The van der Waals surface area contributed by atoms with Crippen molar-refractivity contribution in [3.63, 3.8) is 0 Å². The quantitative estimate of drug-likeness (QED) is 0.480. The van der Waals surface area contributed by atoms with Gasteiger partial charge in [0.25, 0.3) is 0 Å². The molecule has 0 aliphatic heterocycles. The molecule has 0 atom stereocenters. The lowest BCUT2D eigenvalue weighted by Gasteiger charge is -1.94. The first-order chi connectivity index (χ1) is 5.81. The average molecular weight is 170 g/mol. The smallest absolute Gasteiger partial charge is 0.403 e. The van der Waals surface area contributed by atoms with Crippen LogP contribution in [0.1, 0.15) is 26.7 Å². The van der Waals surface area contributed by atoms with Crippen LogP contribution < -0.4 is 0 Å². The van der Waals surface area contributed by atoms with Crippen LogP contribution >= 0.6 is 0 Å². The van der Waals surface area contributed by atoms with Crippen LogP contribution in [0.25, 0.3) is 0 Å². The number of rotatable bonds is 4. The largest absolute Gasteiger partial charge is 0.518 e. The maximum absolute atomic E-state index is 10.6. The van der Waals surface area contributed by atoms with Crippen molar-refractivity contribution in [3.8, 4) is 0 Å². The van der Waals surface area contributed by atoms with Crippen LogP contribution in [0.3, 0.4) is 0 Å². The molecule has 0 amide bonds. The molecule has 0 bridgehead atoms. The van der Waals surface area contributed by atoms with Gasteiger partial charge >= 0.3 is 6.16 Å². The topological polar surface area (TPSA) is 35.5 Å². The van der Waals surface area contributed by atoms with Crippen LogP contribution in [0.4, 0.5) is 4.79 Å². The third-order valence-electron chi connectivity index (χ3n) is 0.992. The van der Waals surface area contributed by atoms with E-state index >= 15 is 0 Å². The first-order valence-electron chi connectivity index (χ1n) is 3.98. The first-order valence-corrected chi connectivity index (χ1v) is 3.98. The molecule has 68 valence electrons. The highest BCUT2D eigenvalue weighted by Gasteiger charge is 1.95. The van der Waals surface area contributed by atoms with Crippen LogP contribution in [0.15, 0.2) is 24.7 Å². The number of allylic oxidation sites excluding steroid dienone is 2. The fourth-order valence-corrected chi connectivity index (χ4v) is 0.428. The second-order valence-corrected chi connectivity index (χ2v) is 2.05. The molecule has 0 fully saturated rings. The van der Waals surface area contributed by atoms with E-state index in [4.69, 9.17) is 0 Å². The van der Waals surface area contributed by atoms with Gasteiger partial charge in [-0.2, -0.15) is 0 Å². The summed E-state index contributed by atoms with van der Waals surface area (Å²) in [6.45, 7) is 3.89. The molecule has 0 aromatic heterocycles. The maximum atomic E-state index is 10.6. The Labute approximate surface area is 72.7 Å². The number of carbonyl (C=O) groups is 1. The molecule has 0 spiro atoms. The second kappa shape index (κ2) is 7.85. The summed E-state index contributed by atoms with van der Waals surface area (Å²) in [6.07, 6.45) is 7.06. The highest BCUT2D eigenvalue weighted by atomic mass is 16.7. The Morgan fingerprint density at radius 3 is 1.83 bits per heavy atom. The minimum absolute atomic E-state index is 0.704. The van der Waals surface area contributed by atoms with Gasteiger partial charge in [0.15, 0.2) is 0 Å². The van der Waals surface area contributed by atoms with Gasteiger partial charge in [-0.3, -0.25) is 0 Å². The van der Waals surface area contributed by atoms with Gasteiger partial charge in [-0.15, -0.1) is 0 Å². The van der Waals surface area contributed by atoms with Crippen molar-refractivity contribution in [2.75, 3.05) is 0 Å². The number of hydrogen-bond acceptors (Lipinski definition) is 3. The van der Waals surface area contributed by atoms with Gasteiger partial charge in [0, 0.05) is 0 Å². The van der Waals surface area contributed by atoms with Crippen LogP contribution in [0, 0.1) is 0 Å². The summed E-state index contributed by atoms with van der Waals surface area (Å²) in [5.74, 6) is 0. The van der Waals surface area contributed by atoms with Crippen LogP contribution in [-0.4, -0.2) is 6.16 Å². The van der Waals surface area contributed by atoms with Crippen LogP contribution in [-0.2, 0) is 9.47 Å². The van der Waals surface area contributed by atoms with Crippen molar-refractivity contribution in [2.45, 2.75) is 26.7 Å². The molecular formula is C9H14O3. The minimum atomic E-state index is -0.704. The summed E-state index contributed by atoms with van der Waals surface area (Å²) >= 11 is 0. The van der Waals surface area contributed by atoms with Crippen molar-refractivity contribution < 1.29 is 14.3 Å². The maximum Gasteiger partial charge on any atom is 0.518 e. The molecule has 0 saturated heterocycles. The zero-order chi connectivity index (χ0) is 9.23. The van der Waals surface area contributed by atoms with Gasteiger partial charge < -0.3 is 9.47 Å². The minimum Gasteiger partial charge on any atom is -0.403 e. The van der Waals surface area contributed by atoms with Gasteiger partial charge in [-0.05, 0) is 25.0 Å². The molecule has 0 N–H and O–H groups in total. The van der Waals surface area contributed by atoms with Gasteiger partial charge in [0.2, 0.25) is 0 Å². The lowest BCUT2D eigenvalue weighted by atomic mass is 10.5. The zero-order valence-electron chi connectivity index (χ0n) is 7.45. The summed E-state index contributed by atoms with van der Waals surface area (Å²) in [5.41, 5.74) is 0. The molecule has 0 aliphatic carbocycles. The van der Waals surface area contributed by atoms with Gasteiger partial charge in [0.1, 0.15) is 0 Å². The normalized spacial score (nSPS) is 10.8. The summed E-state index contributed by atoms with van der Waals surface area (Å²) in [6, 6.07) is 0. The second-order valence-electron chi connectivity index (χ2n) is 2.05. The number of ether oxygens (including phenoxy) is 2. The fraction of sp³-hybridized carbons (Fsp3) is 0.444. The van der Waals surface area contributed by atoms with Crippen molar-refractivity contribution in [2.24, 2.45) is 0 Å². The molecule has 0 aliphatic rings. The highest BCUT2D eigenvalue weighted by molar-refractivity contribution is 5.61. The van der Waals surface area contributed by atoms with E-state index < -0.39 is 6.16 Å². The van der Waals surface area contributed by atoms with Gasteiger partial charge in [0.05, 0.1) is 12.5 Å². The van der Waals surface area contributed by atoms with Gasteiger partial charge in [-0.25, -0.2) is 4.79 Å². The first kappa shape index (κ1) is 10.8. The Balaban J connectivity index is 3.46. The van der Waals surface area contributed by atoms with Crippen molar-refractivity contribution in [1.29, 1.82) is 0 Å². The predicted molar refractivity (Wildman–Crippen MR) is 46.4 cm³/mol. The van der Waals surface area contributed by atoms with Crippen LogP contribution in [0.5, 0.6) is 0 Å². The number of carbonyl (C=O) groups excluding carboxylic acids is 1. The molecule has 0 radical (unpaired) electrons. The number of hydrogen-bond donors (Lipinski definition) is 0. The molecule has 3 heteroatoms. The third kappa shape index (κ3) is 6.86. The summed E-state index contributed by atoms with van der Waals surface area (Å²) in [5, 5.41) is 0. The Hall–Kier alpha value is -1.25. The van der Waals surface area contributed by atoms with Gasteiger partial charge in [-0.1, -0.05) is 13.8 Å². The lowest BCUT2D eigenvalue weighted by molar-refractivity contribution is 0.119. The van der Waals surface area contributed by atoms with E-state index in [2.05, 4.69) is 9.47 Å². The Morgan fingerprint density at radius 2 is 1.50 bits per heavy atom. The summed E-state index contributed by atoms with van der Waals surface area (Å²) in [4.78, 5) is 10.6. The van der Waals surface area contributed by atoms with Crippen LogP contribution in [0.2, 0.25) is 0 Å². The Morgan fingerprint density at radius 1 is 1.08 bits per heavy atom. The van der Waals surface area contributed by atoms with E-state index in [1.165, 1.54) is 12.5 Å². The van der Waals surface area contributed by atoms with E-state index in [1.54, 1.807) is 12.2 Å². The molecular weight excluding hydrogens is 156 g/mol. The van der Waals surface area contributed by atoms with E-state index in [-0.39, 0.29) is 0 Å². The Bertz CT molecular complexity index is 153. The zero-order valence-corrected chi connectivity index (χ0v) is 7.45. The molecule has 0 unspecified atom stereocenters. The molecule has 0 saturated carbocycles. The summed E-state index contributed by atoms with van der Waals surface area (Å²) in [7, 11) is 0. The Kier molecular flexibility index (Phi) is 7.03. The fourth-order valence-electron chi connectivity index (χ4n) is 0.428. The molecule has 3 nitrogen and oxygen atoms in total. The molecule has 0 rings (SSSR count). The lowest BCUT2D eigenvalue weighted by Crippen LogP contribution is -1.97. The van der Waals surface area contributed by atoms with Crippen molar-refractivity contribution in [3.05, 3.63) is 24.7 Å². The SMILES string of the molecule is CC/C=C/OC(=O)O/C=C/CC. The third-order valence-corrected chi connectivity index (χ3v) is 0.992. The van der Waals surface area contributed by atoms with Crippen molar-refractivity contribution >= 4 is 6.16 Å². The van der Waals surface area contributed by atoms with Crippen molar-refractivity contribution in [1.82, 2.24) is 0 Å². The highest BCUT2D eigenvalue weighted by Crippen LogP contribution is 1.90. The van der Waals surface area contributed by atoms with E-state index in [0.717, 1.165) is 12.8 Å². The molecule has 0 aromatic rings. The summed E-state index contributed by atoms with van der Waals surface area (Å²) < 4.78 is 9.07. The molecule has 12 heavy (non-hydrogen) atoms. The van der Waals surface area contributed by atoms with E-state index in [9.17, 15) is 4.79 Å².